The molecule has 3 rings (SSSR count). The lowest BCUT2D eigenvalue weighted by atomic mass is 10.2. The molecule has 3 heterocycles. The Morgan fingerprint density at radius 3 is 2.76 bits per heavy atom. The SMILES string of the molecule is Cc1cc(NC(=O)[C@H](C)N2CCCN(Cc3noc(C)n3)CC2)no1. The topological polar surface area (TPSA) is 101 Å². The van der Waals surface area contributed by atoms with E-state index in [-0.39, 0.29) is 11.9 Å². The third-order valence-corrected chi connectivity index (χ3v) is 4.36. The second-order valence-electron chi connectivity index (χ2n) is 6.38. The van der Waals surface area contributed by atoms with E-state index in [1.165, 1.54) is 0 Å². The minimum Gasteiger partial charge on any atom is -0.360 e. The van der Waals surface area contributed by atoms with Crippen LogP contribution in [-0.4, -0.2) is 63.2 Å². The zero-order chi connectivity index (χ0) is 17.8. The van der Waals surface area contributed by atoms with Gasteiger partial charge >= 0.3 is 0 Å². The normalized spacial score (nSPS) is 18.0. The fourth-order valence-electron chi connectivity index (χ4n) is 2.96. The molecule has 0 saturated carbocycles. The maximum absolute atomic E-state index is 12.4. The van der Waals surface area contributed by atoms with Gasteiger partial charge in [0, 0.05) is 32.6 Å². The van der Waals surface area contributed by atoms with Gasteiger partial charge in [0.2, 0.25) is 11.8 Å². The smallest absolute Gasteiger partial charge is 0.242 e. The van der Waals surface area contributed by atoms with Gasteiger partial charge in [-0.15, -0.1) is 0 Å². The highest BCUT2D eigenvalue weighted by molar-refractivity contribution is 5.93. The van der Waals surface area contributed by atoms with E-state index >= 15 is 0 Å². The summed E-state index contributed by atoms with van der Waals surface area (Å²) >= 11 is 0. The lowest BCUT2D eigenvalue weighted by Gasteiger charge is -2.26. The monoisotopic (exact) mass is 348 g/mol. The minimum absolute atomic E-state index is 0.0736. The van der Waals surface area contributed by atoms with Crippen molar-refractivity contribution in [1.29, 1.82) is 0 Å². The predicted octanol–water partition coefficient (Wildman–Crippen LogP) is 1.21. The molecule has 0 aliphatic carbocycles. The van der Waals surface area contributed by atoms with Gasteiger partial charge in [0.1, 0.15) is 5.76 Å². The molecule has 1 atom stereocenters. The number of amides is 1. The molecule has 0 spiro atoms. The molecule has 136 valence electrons. The first-order valence-electron chi connectivity index (χ1n) is 8.51. The Bertz CT molecular complexity index is 712. The summed E-state index contributed by atoms with van der Waals surface area (Å²) in [6, 6.07) is 1.48. The van der Waals surface area contributed by atoms with Crippen molar-refractivity contribution in [3.05, 3.63) is 23.5 Å². The summed E-state index contributed by atoms with van der Waals surface area (Å²) in [6.07, 6.45) is 0.984. The summed E-state index contributed by atoms with van der Waals surface area (Å²) in [7, 11) is 0. The van der Waals surface area contributed by atoms with E-state index in [0.717, 1.165) is 32.6 Å². The van der Waals surface area contributed by atoms with Crippen LogP contribution in [0.2, 0.25) is 0 Å². The molecule has 1 saturated heterocycles. The van der Waals surface area contributed by atoms with Crippen LogP contribution in [-0.2, 0) is 11.3 Å². The van der Waals surface area contributed by atoms with Crippen molar-refractivity contribution in [3.63, 3.8) is 0 Å². The first-order valence-corrected chi connectivity index (χ1v) is 8.51. The fourth-order valence-corrected chi connectivity index (χ4v) is 2.96. The molecule has 25 heavy (non-hydrogen) atoms. The largest absolute Gasteiger partial charge is 0.360 e. The zero-order valence-corrected chi connectivity index (χ0v) is 14.9. The Hall–Kier alpha value is -2.26. The Morgan fingerprint density at radius 1 is 1.24 bits per heavy atom. The standard InChI is InChI=1S/C16H24N6O3/c1-11-9-14(19-24-11)18-16(23)12(2)22-6-4-5-21(7-8-22)10-15-17-13(3)25-20-15/h9,12H,4-8,10H2,1-3H3,(H,18,19,23)/t12-/m0/s1. The predicted molar refractivity (Wildman–Crippen MR) is 89.8 cm³/mol. The number of aryl methyl sites for hydroxylation is 2. The van der Waals surface area contributed by atoms with Gasteiger partial charge in [-0.05, 0) is 26.8 Å². The molecule has 0 radical (unpaired) electrons. The number of nitrogens with one attached hydrogen (secondary N) is 1. The van der Waals surface area contributed by atoms with Crippen molar-refractivity contribution < 1.29 is 13.8 Å². The molecule has 2 aromatic heterocycles. The molecular weight excluding hydrogens is 324 g/mol. The summed E-state index contributed by atoms with van der Waals surface area (Å²) in [5.41, 5.74) is 0. The molecule has 1 N–H and O–H groups in total. The highest BCUT2D eigenvalue weighted by atomic mass is 16.5. The van der Waals surface area contributed by atoms with Gasteiger partial charge in [0.05, 0.1) is 12.6 Å². The molecule has 9 heteroatoms. The molecule has 1 amide bonds. The van der Waals surface area contributed by atoms with Gasteiger partial charge in [-0.25, -0.2) is 0 Å². The second-order valence-corrected chi connectivity index (χ2v) is 6.38. The van der Waals surface area contributed by atoms with E-state index < -0.39 is 0 Å². The molecule has 1 aliphatic rings. The van der Waals surface area contributed by atoms with Gasteiger partial charge in [-0.1, -0.05) is 10.3 Å². The molecule has 0 aromatic carbocycles. The van der Waals surface area contributed by atoms with Gasteiger partial charge in [0.25, 0.3) is 0 Å². The van der Waals surface area contributed by atoms with Crippen LogP contribution in [0.1, 0.15) is 30.8 Å². The third-order valence-electron chi connectivity index (χ3n) is 4.36. The number of hydrogen-bond acceptors (Lipinski definition) is 8. The number of carbonyl (C=O) groups is 1. The Kier molecular flexibility index (Phi) is 5.44. The maximum atomic E-state index is 12.4. The first kappa shape index (κ1) is 17.6. The van der Waals surface area contributed by atoms with E-state index in [1.54, 1.807) is 19.9 Å². The van der Waals surface area contributed by atoms with Crippen LogP contribution in [0.25, 0.3) is 0 Å². The van der Waals surface area contributed by atoms with Crippen LogP contribution in [0.15, 0.2) is 15.1 Å². The third kappa shape index (κ3) is 4.64. The van der Waals surface area contributed by atoms with Crippen molar-refractivity contribution in [2.45, 2.75) is 39.8 Å². The van der Waals surface area contributed by atoms with Crippen LogP contribution >= 0.6 is 0 Å². The summed E-state index contributed by atoms with van der Waals surface area (Å²) in [4.78, 5) is 21.2. The lowest BCUT2D eigenvalue weighted by Crippen LogP contribution is -2.43. The van der Waals surface area contributed by atoms with E-state index in [1.807, 2.05) is 6.92 Å². The van der Waals surface area contributed by atoms with Crippen molar-refractivity contribution in [2.75, 3.05) is 31.5 Å². The van der Waals surface area contributed by atoms with Crippen molar-refractivity contribution in [1.82, 2.24) is 25.1 Å². The molecule has 2 aromatic rings. The minimum atomic E-state index is -0.232. The van der Waals surface area contributed by atoms with E-state index in [0.29, 0.717) is 29.8 Å². The molecular formula is C16H24N6O3. The fraction of sp³-hybridized carbons (Fsp3) is 0.625. The molecule has 0 bridgehead atoms. The number of carbonyl (C=O) groups excluding carboxylic acids is 1. The average molecular weight is 348 g/mol. The quantitative estimate of drug-likeness (QED) is 0.860. The van der Waals surface area contributed by atoms with Crippen molar-refractivity contribution in [3.8, 4) is 0 Å². The number of anilines is 1. The summed E-state index contributed by atoms with van der Waals surface area (Å²) in [5.74, 6) is 2.34. The molecule has 9 nitrogen and oxygen atoms in total. The van der Waals surface area contributed by atoms with Crippen LogP contribution < -0.4 is 5.32 Å². The van der Waals surface area contributed by atoms with Crippen LogP contribution in [0.5, 0.6) is 0 Å². The summed E-state index contributed by atoms with van der Waals surface area (Å²) in [6.45, 7) is 9.65. The zero-order valence-electron chi connectivity index (χ0n) is 14.9. The molecule has 0 unspecified atom stereocenters. The van der Waals surface area contributed by atoms with Crippen LogP contribution in [0.3, 0.4) is 0 Å². The highest BCUT2D eigenvalue weighted by Gasteiger charge is 2.25. The van der Waals surface area contributed by atoms with Crippen molar-refractivity contribution in [2.24, 2.45) is 0 Å². The molecule has 1 aliphatic heterocycles. The number of rotatable bonds is 5. The van der Waals surface area contributed by atoms with Gasteiger partial charge in [0.15, 0.2) is 11.6 Å². The van der Waals surface area contributed by atoms with Crippen LogP contribution in [0, 0.1) is 13.8 Å². The summed E-state index contributed by atoms with van der Waals surface area (Å²) < 4.78 is 10.0. The van der Waals surface area contributed by atoms with Gasteiger partial charge in [-0.2, -0.15) is 4.98 Å². The van der Waals surface area contributed by atoms with Crippen LogP contribution in [0.4, 0.5) is 5.82 Å². The summed E-state index contributed by atoms with van der Waals surface area (Å²) in [5, 5.41) is 10.6. The molecule has 1 fully saturated rings. The second kappa shape index (κ2) is 7.75. The lowest BCUT2D eigenvalue weighted by molar-refractivity contribution is -0.120. The van der Waals surface area contributed by atoms with Crippen molar-refractivity contribution >= 4 is 11.7 Å². The van der Waals surface area contributed by atoms with E-state index in [9.17, 15) is 4.79 Å². The Morgan fingerprint density at radius 2 is 2.08 bits per heavy atom. The van der Waals surface area contributed by atoms with E-state index in [4.69, 9.17) is 9.05 Å². The number of hydrogen-bond donors (Lipinski definition) is 1. The maximum Gasteiger partial charge on any atom is 0.242 e. The highest BCUT2D eigenvalue weighted by Crippen LogP contribution is 2.12. The first-order chi connectivity index (χ1) is 12.0. The van der Waals surface area contributed by atoms with Gasteiger partial charge < -0.3 is 14.4 Å². The Labute approximate surface area is 146 Å². The Balaban J connectivity index is 1.52. The number of nitrogens with zero attached hydrogens (tertiary/aromatic N) is 5. The average Bonchev–Trinajstić information content (AvgIpc) is 3.09. The van der Waals surface area contributed by atoms with E-state index in [2.05, 4.69) is 30.4 Å². The number of aromatic nitrogens is 3. The van der Waals surface area contributed by atoms with Gasteiger partial charge in [-0.3, -0.25) is 14.6 Å².